The van der Waals surface area contributed by atoms with Crippen molar-refractivity contribution in [2.45, 2.75) is 18.1 Å². The number of fused-ring (bicyclic) bond motifs is 1. The third kappa shape index (κ3) is 1.42. The van der Waals surface area contributed by atoms with Gasteiger partial charge in [0.05, 0.1) is 18.0 Å². The highest BCUT2D eigenvalue weighted by Gasteiger charge is 2.32. The topological polar surface area (TPSA) is 50.7 Å². The van der Waals surface area contributed by atoms with E-state index in [4.69, 9.17) is 5.73 Å². The lowest BCUT2D eigenvalue weighted by Crippen LogP contribution is -2.22. The average molecular weight is 230 g/mol. The first-order valence-electron chi connectivity index (χ1n) is 4.48. The molecule has 2 N–H and O–H groups in total. The molecule has 0 bridgehead atoms. The summed E-state index contributed by atoms with van der Waals surface area (Å²) in [5, 5.41) is 3.05. The molecule has 3 aliphatic rings. The molecule has 1 saturated carbocycles. The Morgan fingerprint density at radius 2 is 2.21 bits per heavy atom. The predicted octanol–water partition coefficient (Wildman–Crippen LogP) is 1.31. The second-order valence-electron chi connectivity index (χ2n) is 3.50. The van der Waals surface area contributed by atoms with Crippen LogP contribution in [0.25, 0.3) is 0 Å². The fraction of sp³-hybridized carbons (Fsp3) is 0.444. The van der Waals surface area contributed by atoms with E-state index in [1.165, 1.54) is 17.7 Å². The summed E-state index contributed by atoms with van der Waals surface area (Å²) in [4.78, 5) is 9.79. The summed E-state index contributed by atoms with van der Waals surface area (Å²) in [5.74, 6) is 0. The average Bonchev–Trinajstić information content (AvgIpc) is 2.94. The normalized spacial score (nSPS) is 29.1. The number of hydrogen-bond donors (Lipinski definition) is 1. The van der Waals surface area contributed by atoms with Crippen LogP contribution >= 0.6 is 22.9 Å². The fourth-order valence-electron chi connectivity index (χ4n) is 1.67. The molecule has 1 aliphatic carbocycles. The summed E-state index contributed by atoms with van der Waals surface area (Å²) in [6.07, 6.45) is 4.33. The number of hydrogen-bond acceptors (Lipinski definition) is 3. The Balaban J connectivity index is 0.000000750. The van der Waals surface area contributed by atoms with Gasteiger partial charge in [0, 0.05) is 10.1 Å². The summed E-state index contributed by atoms with van der Waals surface area (Å²) < 4.78 is 0. The van der Waals surface area contributed by atoms with Gasteiger partial charge in [-0.3, -0.25) is 4.99 Å². The maximum absolute atomic E-state index is 5.90. The quantitative estimate of drug-likeness (QED) is 0.678. The molecule has 1 atom stereocenters. The van der Waals surface area contributed by atoms with E-state index in [9.17, 15) is 0 Å². The summed E-state index contributed by atoms with van der Waals surface area (Å²) in [7, 11) is 0.271. The highest BCUT2D eigenvalue weighted by molar-refractivity contribution is 8.20. The summed E-state index contributed by atoms with van der Waals surface area (Å²) in [6, 6.07) is 0. The van der Waals surface area contributed by atoms with Crippen molar-refractivity contribution in [3.8, 4) is 0 Å². The Bertz CT molecular complexity index is 391. The molecule has 2 aliphatic heterocycles. The largest absolute Gasteiger partial charge is 0.397 e. The van der Waals surface area contributed by atoms with E-state index in [0.717, 1.165) is 23.2 Å². The Morgan fingerprint density at radius 1 is 1.43 bits per heavy atom. The van der Waals surface area contributed by atoms with Gasteiger partial charge < -0.3 is 5.73 Å². The fourth-order valence-corrected chi connectivity index (χ4v) is 4.06. The molecule has 76 valence electrons. The lowest BCUT2D eigenvalue weighted by molar-refractivity contribution is 1.31. The Labute approximate surface area is 91.5 Å². The molecule has 0 radical (unpaired) electrons. The molecule has 0 amide bonds. The summed E-state index contributed by atoms with van der Waals surface area (Å²) >= 11 is 0. The first-order valence-corrected chi connectivity index (χ1v) is 5.83. The first-order chi connectivity index (χ1) is 6.36. The van der Waals surface area contributed by atoms with Crippen LogP contribution in [-0.2, 0) is 0 Å². The molecule has 1 unspecified atom stereocenters. The van der Waals surface area contributed by atoms with Crippen LogP contribution in [0.4, 0.5) is 0 Å². The lowest BCUT2D eigenvalue weighted by atomic mass is 10.2. The lowest BCUT2D eigenvalue weighted by Gasteiger charge is -2.08. The molecular weight excluding hydrogens is 218 g/mol. The van der Waals surface area contributed by atoms with Gasteiger partial charge in [0.1, 0.15) is 6.34 Å². The molecule has 0 spiro atoms. The molecule has 0 aromatic rings. The van der Waals surface area contributed by atoms with E-state index in [2.05, 4.69) is 15.4 Å². The van der Waals surface area contributed by atoms with E-state index in [-0.39, 0.29) is 22.9 Å². The van der Waals surface area contributed by atoms with E-state index in [0.29, 0.717) is 0 Å². The van der Waals surface area contributed by atoms with Crippen molar-refractivity contribution in [1.82, 2.24) is 0 Å². The minimum Gasteiger partial charge on any atom is -0.397 e. The van der Waals surface area contributed by atoms with E-state index in [1.807, 2.05) is 0 Å². The van der Waals surface area contributed by atoms with Crippen LogP contribution in [0.2, 0.25) is 0 Å². The molecule has 0 saturated heterocycles. The zero-order valence-electron chi connectivity index (χ0n) is 7.64. The first kappa shape index (κ1) is 9.93. The standard InChI is InChI=1S/C9H11N3S.ClH/c10-7-4-13(6-1-2-6)8-3-11-5-12-9(7)8;/h4-6H,1-3,10H2;1H. The molecule has 3 rings (SSSR count). The molecule has 0 aromatic heterocycles. The van der Waals surface area contributed by atoms with Crippen LogP contribution in [0.5, 0.6) is 0 Å². The van der Waals surface area contributed by atoms with Crippen molar-refractivity contribution in [1.29, 1.82) is 0 Å². The third-order valence-corrected chi connectivity index (χ3v) is 5.05. The molecular formula is C9H12ClN3S. The maximum Gasteiger partial charge on any atom is 0.111 e. The number of rotatable bonds is 1. The van der Waals surface area contributed by atoms with Crippen molar-refractivity contribution in [3.05, 3.63) is 11.1 Å². The molecule has 5 heteroatoms. The van der Waals surface area contributed by atoms with E-state index in [1.54, 1.807) is 6.34 Å². The SMILES string of the molecule is Cl.NC1=CS(C2CC2)=C2CN=CN=C12. The van der Waals surface area contributed by atoms with E-state index >= 15 is 0 Å². The summed E-state index contributed by atoms with van der Waals surface area (Å²) in [6.45, 7) is 0.815. The van der Waals surface area contributed by atoms with Crippen LogP contribution in [0, 0.1) is 0 Å². The second kappa shape index (κ2) is 3.51. The van der Waals surface area contributed by atoms with Gasteiger partial charge >= 0.3 is 0 Å². The highest BCUT2D eigenvalue weighted by atomic mass is 35.5. The highest BCUT2D eigenvalue weighted by Crippen LogP contribution is 2.45. The minimum atomic E-state index is 0. The van der Waals surface area contributed by atoms with Gasteiger partial charge in [-0.15, -0.1) is 22.9 Å². The molecule has 3 nitrogen and oxygen atoms in total. The zero-order chi connectivity index (χ0) is 8.84. The van der Waals surface area contributed by atoms with Crippen molar-refractivity contribution in [2.24, 2.45) is 15.7 Å². The van der Waals surface area contributed by atoms with Crippen LogP contribution in [0.1, 0.15) is 12.8 Å². The van der Waals surface area contributed by atoms with Gasteiger partial charge in [0.25, 0.3) is 0 Å². The van der Waals surface area contributed by atoms with Gasteiger partial charge in [0.2, 0.25) is 0 Å². The van der Waals surface area contributed by atoms with Crippen molar-refractivity contribution in [2.75, 3.05) is 6.54 Å². The van der Waals surface area contributed by atoms with Gasteiger partial charge in [-0.1, -0.05) is 0 Å². The van der Waals surface area contributed by atoms with Crippen LogP contribution in [0.3, 0.4) is 0 Å². The Hall–Kier alpha value is -0.610. The van der Waals surface area contributed by atoms with Gasteiger partial charge in [-0.05, 0) is 18.2 Å². The number of allylic oxidation sites excluding steroid dienone is 1. The molecule has 0 aromatic carbocycles. The van der Waals surface area contributed by atoms with Crippen molar-refractivity contribution < 1.29 is 0 Å². The minimum absolute atomic E-state index is 0. The third-order valence-electron chi connectivity index (χ3n) is 2.46. The molecule has 14 heavy (non-hydrogen) atoms. The van der Waals surface area contributed by atoms with Crippen LogP contribution < -0.4 is 5.73 Å². The van der Waals surface area contributed by atoms with Crippen molar-refractivity contribution >= 4 is 39.8 Å². The van der Waals surface area contributed by atoms with E-state index < -0.39 is 0 Å². The zero-order valence-corrected chi connectivity index (χ0v) is 9.27. The van der Waals surface area contributed by atoms with Crippen LogP contribution in [-0.4, -0.2) is 28.7 Å². The van der Waals surface area contributed by atoms with Gasteiger partial charge in [-0.2, -0.15) is 0 Å². The molecule has 2 heterocycles. The number of aliphatic imine (C=N–C) groups is 2. The second-order valence-corrected chi connectivity index (χ2v) is 5.64. The summed E-state index contributed by atoms with van der Waals surface area (Å²) in [5.41, 5.74) is 7.79. The smallest absolute Gasteiger partial charge is 0.111 e. The number of nitrogens with zero attached hydrogens (tertiary/aromatic N) is 2. The van der Waals surface area contributed by atoms with Gasteiger partial charge in [-0.25, -0.2) is 4.99 Å². The predicted molar refractivity (Wildman–Crippen MR) is 65.9 cm³/mol. The number of nitrogens with two attached hydrogens (primary N) is 1. The van der Waals surface area contributed by atoms with Crippen LogP contribution in [0.15, 0.2) is 21.1 Å². The monoisotopic (exact) mass is 229 g/mol. The Kier molecular flexibility index (Phi) is 2.49. The Morgan fingerprint density at radius 3 is 2.93 bits per heavy atom. The number of halogens is 1. The maximum atomic E-state index is 5.90. The van der Waals surface area contributed by atoms with Gasteiger partial charge in [0.15, 0.2) is 0 Å². The molecule has 1 fully saturated rings. The van der Waals surface area contributed by atoms with Crippen molar-refractivity contribution in [3.63, 3.8) is 0 Å².